The molecule has 18 heavy (non-hydrogen) atoms. The first-order valence-corrected chi connectivity index (χ1v) is 6.70. The minimum Gasteiger partial charge on any atom is -0.479 e. The lowest BCUT2D eigenvalue weighted by atomic mass is 9.92. The quantitative estimate of drug-likeness (QED) is 0.797. The van der Waals surface area contributed by atoms with Crippen LogP contribution in [0.1, 0.15) is 31.1 Å². The average Bonchev–Trinajstić information content (AvgIpc) is 2.67. The fraction of sp³-hybridized carbons (Fsp3) is 0.583. The minimum absolute atomic E-state index is 0.507. The molecule has 0 saturated heterocycles. The molecule has 5 nitrogen and oxygen atoms in total. The zero-order chi connectivity index (χ0) is 12.5. The number of methoxy groups -OCH3 is 1. The summed E-state index contributed by atoms with van der Waals surface area (Å²) in [5.41, 5.74) is 1.61. The molecule has 2 aromatic rings. The molecule has 1 aliphatic carbocycles. The summed E-state index contributed by atoms with van der Waals surface area (Å²) >= 11 is 5.85. The molecule has 0 spiro atoms. The Kier molecular flexibility index (Phi) is 3.07. The zero-order valence-electron chi connectivity index (χ0n) is 10.3. The van der Waals surface area contributed by atoms with Crippen molar-refractivity contribution in [1.29, 1.82) is 0 Å². The molecule has 1 aliphatic rings. The highest BCUT2D eigenvalue weighted by Crippen LogP contribution is 2.36. The van der Waals surface area contributed by atoms with E-state index in [0.717, 1.165) is 23.4 Å². The third kappa shape index (κ3) is 1.73. The van der Waals surface area contributed by atoms with Crippen molar-refractivity contribution in [1.82, 2.24) is 19.5 Å². The van der Waals surface area contributed by atoms with Crippen molar-refractivity contribution in [3.05, 3.63) is 12.2 Å². The highest BCUT2D eigenvalue weighted by molar-refractivity contribution is 6.17. The van der Waals surface area contributed by atoms with Crippen LogP contribution in [0.25, 0.3) is 11.2 Å². The van der Waals surface area contributed by atoms with E-state index >= 15 is 0 Å². The Bertz CT molecular complexity index is 564. The molecule has 0 atom stereocenters. The Hall–Kier alpha value is -1.36. The summed E-state index contributed by atoms with van der Waals surface area (Å²) in [5, 5.41) is 0. The maximum absolute atomic E-state index is 5.85. The molecular formula is C12H15ClN4O. The second kappa shape index (κ2) is 4.72. The summed E-state index contributed by atoms with van der Waals surface area (Å²) < 4.78 is 7.46. The molecule has 0 radical (unpaired) electrons. The molecule has 0 aromatic carbocycles. The Morgan fingerprint density at radius 3 is 2.89 bits per heavy atom. The third-order valence-corrected chi connectivity index (χ3v) is 3.66. The molecule has 0 bridgehead atoms. The third-order valence-electron chi connectivity index (χ3n) is 3.47. The predicted molar refractivity (Wildman–Crippen MR) is 69.2 cm³/mol. The lowest BCUT2D eigenvalue weighted by Crippen LogP contribution is -2.19. The Morgan fingerprint density at radius 1 is 1.44 bits per heavy atom. The van der Waals surface area contributed by atoms with Crippen molar-refractivity contribution >= 4 is 22.8 Å². The summed E-state index contributed by atoms with van der Waals surface area (Å²) in [5.74, 6) is 2.09. The van der Waals surface area contributed by atoms with Crippen LogP contribution >= 0.6 is 11.6 Å². The van der Waals surface area contributed by atoms with Crippen LogP contribution in [-0.4, -0.2) is 32.5 Å². The Labute approximate surface area is 110 Å². The van der Waals surface area contributed by atoms with Gasteiger partial charge in [-0.15, -0.1) is 11.6 Å². The molecular weight excluding hydrogens is 252 g/mol. The van der Waals surface area contributed by atoms with Gasteiger partial charge in [-0.3, -0.25) is 0 Å². The number of aryl methyl sites for hydroxylation is 1. The first-order valence-electron chi connectivity index (χ1n) is 6.17. The number of alkyl halides is 1. The maximum Gasteiger partial charge on any atom is 0.245 e. The Balaban J connectivity index is 2.18. The summed E-state index contributed by atoms with van der Waals surface area (Å²) in [6.45, 7) is 0. The van der Waals surface area contributed by atoms with E-state index in [1.807, 2.05) is 0 Å². The molecule has 0 amide bonds. The van der Waals surface area contributed by atoms with Gasteiger partial charge in [0, 0.05) is 18.3 Å². The van der Waals surface area contributed by atoms with E-state index in [1.165, 1.54) is 25.6 Å². The number of nitrogens with zero attached hydrogens (tertiary/aromatic N) is 4. The van der Waals surface area contributed by atoms with E-state index < -0.39 is 0 Å². The van der Waals surface area contributed by atoms with Gasteiger partial charge in [0.1, 0.15) is 12.2 Å². The van der Waals surface area contributed by atoms with Crippen LogP contribution in [0.15, 0.2) is 6.33 Å². The van der Waals surface area contributed by atoms with Gasteiger partial charge in [-0.05, 0) is 19.3 Å². The summed E-state index contributed by atoms with van der Waals surface area (Å²) in [7, 11) is 1.60. The smallest absolute Gasteiger partial charge is 0.245 e. The van der Waals surface area contributed by atoms with Gasteiger partial charge in [0.05, 0.1) is 7.11 Å². The molecule has 0 aliphatic heterocycles. The largest absolute Gasteiger partial charge is 0.479 e. The molecule has 0 unspecified atom stereocenters. The number of fused-ring (bicyclic) bond motifs is 1. The van der Waals surface area contributed by atoms with Crippen molar-refractivity contribution in [2.75, 3.05) is 13.0 Å². The average molecular weight is 267 g/mol. The monoisotopic (exact) mass is 266 g/mol. The van der Waals surface area contributed by atoms with Gasteiger partial charge in [0.2, 0.25) is 5.88 Å². The van der Waals surface area contributed by atoms with E-state index in [-0.39, 0.29) is 0 Å². The molecule has 0 N–H and O–H groups in total. The number of hydrogen-bond acceptors (Lipinski definition) is 4. The van der Waals surface area contributed by atoms with Crippen LogP contribution in [0, 0.1) is 0 Å². The number of ether oxygens (including phenoxy) is 1. The van der Waals surface area contributed by atoms with Crippen molar-refractivity contribution in [2.45, 2.75) is 31.7 Å². The van der Waals surface area contributed by atoms with Crippen LogP contribution in [0.5, 0.6) is 5.88 Å². The second-order valence-corrected chi connectivity index (χ2v) is 4.85. The lowest BCUT2D eigenvalue weighted by molar-refractivity contribution is 0.312. The molecule has 6 heteroatoms. The highest BCUT2D eigenvalue weighted by atomic mass is 35.5. The predicted octanol–water partition coefficient (Wildman–Crippen LogP) is 2.34. The number of halogens is 1. The van der Waals surface area contributed by atoms with Gasteiger partial charge in [-0.2, -0.15) is 4.98 Å². The van der Waals surface area contributed by atoms with Crippen molar-refractivity contribution in [3.8, 4) is 5.88 Å². The summed E-state index contributed by atoms with van der Waals surface area (Å²) in [6.07, 6.45) is 5.92. The van der Waals surface area contributed by atoms with Gasteiger partial charge in [0.15, 0.2) is 11.2 Å². The molecule has 2 aromatic heterocycles. The van der Waals surface area contributed by atoms with Crippen LogP contribution in [0.4, 0.5) is 0 Å². The number of aromatic nitrogens is 4. The van der Waals surface area contributed by atoms with Crippen LogP contribution in [-0.2, 0) is 6.42 Å². The SMILES string of the molecule is COc1ncnc2c1nc(CCCl)n2C1CCC1. The Morgan fingerprint density at radius 2 is 2.28 bits per heavy atom. The topological polar surface area (TPSA) is 52.8 Å². The van der Waals surface area contributed by atoms with Gasteiger partial charge in [-0.1, -0.05) is 0 Å². The number of rotatable bonds is 4. The van der Waals surface area contributed by atoms with Gasteiger partial charge < -0.3 is 9.30 Å². The maximum atomic E-state index is 5.85. The molecule has 96 valence electrons. The number of hydrogen-bond donors (Lipinski definition) is 0. The van der Waals surface area contributed by atoms with E-state index in [2.05, 4.69) is 19.5 Å². The molecule has 3 rings (SSSR count). The van der Waals surface area contributed by atoms with Crippen molar-refractivity contribution in [2.24, 2.45) is 0 Å². The zero-order valence-corrected chi connectivity index (χ0v) is 11.0. The van der Waals surface area contributed by atoms with Crippen LogP contribution in [0.3, 0.4) is 0 Å². The fourth-order valence-electron chi connectivity index (χ4n) is 2.37. The summed E-state index contributed by atoms with van der Waals surface area (Å²) in [6, 6.07) is 0.507. The minimum atomic E-state index is 0.507. The molecule has 1 fully saturated rings. The van der Waals surface area contributed by atoms with Gasteiger partial charge in [-0.25, -0.2) is 9.97 Å². The van der Waals surface area contributed by atoms with Gasteiger partial charge >= 0.3 is 0 Å². The molecule has 2 heterocycles. The first kappa shape index (κ1) is 11.7. The number of imidazole rings is 1. The normalized spacial score (nSPS) is 15.9. The standard InChI is InChI=1S/C12H15ClN4O/c1-18-12-10-11(14-7-15-12)17(8-3-2-4-8)9(16-10)5-6-13/h7-8H,2-6H2,1H3. The van der Waals surface area contributed by atoms with Gasteiger partial charge in [0.25, 0.3) is 0 Å². The van der Waals surface area contributed by atoms with E-state index in [0.29, 0.717) is 17.8 Å². The van der Waals surface area contributed by atoms with E-state index in [4.69, 9.17) is 16.3 Å². The highest BCUT2D eigenvalue weighted by Gasteiger charge is 2.26. The lowest BCUT2D eigenvalue weighted by Gasteiger charge is -2.28. The second-order valence-electron chi connectivity index (χ2n) is 4.48. The van der Waals surface area contributed by atoms with E-state index in [9.17, 15) is 0 Å². The summed E-state index contributed by atoms with van der Waals surface area (Å²) in [4.78, 5) is 13.1. The van der Waals surface area contributed by atoms with Crippen molar-refractivity contribution < 1.29 is 4.74 Å². The first-order chi connectivity index (χ1) is 8.85. The van der Waals surface area contributed by atoms with Crippen molar-refractivity contribution in [3.63, 3.8) is 0 Å². The molecule has 1 saturated carbocycles. The van der Waals surface area contributed by atoms with Crippen LogP contribution in [0.2, 0.25) is 0 Å². The van der Waals surface area contributed by atoms with Crippen LogP contribution < -0.4 is 4.74 Å². The fourth-order valence-corrected chi connectivity index (χ4v) is 2.54. The van der Waals surface area contributed by atoms with E-state index in [1.54, 1.807) is 7.11 Å².